The van der Waals surface area contributed by atoms with Crippen molar-refractivity contribution in [1.29, 1.82) is 0 Å². The molecule has 0 aliphatic heterocycles. The van der Waals surface area contributed by atoms with Crippen molar-refractivity contribution in [1.82, 2.24) is 4.98 Å². The fraction of sp³-hybridized carbons (Fsp3) is 0.583. The van der Waals surface area contributed by atoms with Gasteiger partial charge in [0.2, 0.25) is 0 Å². The number of aliphatic hydroxyl groups excluding tert-OH is 1. The van der Waals surface area contributed by atoms with Crippen LogP contribution in [-0.4, -0.2) is 29.8 Å². The minimum Gasteiger partial charge on any atom is -0.396 e. The Morgan fingerprint density at radius 3 is 2.56 bits per heavy atom. The molecule has 0 aromatic carbocycles. The second-order valence-corrected chi connectivity index (χ2v) is 3.65. The molecule has 0 aliphatic carbocycles. The molecule has 0 saturated carbocycles. The van der Waals surface area contributed by atoms with E-state index in [1.807, 2.05) is 18.2 Å². The van der Waals surface area contributed by atoms with Gasteiger partial charge in [0.25, 0.3) is 0 Å². The molecule has 16 heavy (non-hydrogen) atoms. The summed E-state index contributed by atoms with van der Waals surface area (Å²) in [6.45, 7) is 4.13. The third kappa shape index (κ3) is 4.98. The molecular formula is C12H21N3O. The van der Waals surface area contributed by atoms with Crippen LogP contribution in [0.25, 0.3) is 0 Å². The van der Waals surface area contributed by atoms with Gasteiger partial charge in [-0.05, 0) is 38.3 Å². The molecule has 0 fully saturated rings. The SMILES string of the molecule is CCNc1cccc(NCCCCCO)n1. The highest BCUT2D eigenvalue weighted by Gasteiger charge is 1.95. The summed E-state index contributed by atoms with van der Waals surface area (Å²) >= 11 is 0. The highest BCUT2D eigenvalue weighted by atomic mass is 16.2. The Balaban J connectivity index is 2.27. The van der Waals surface area contributed by atoms with Gasteiger partial charge >= 0.3 is 0 Å². The molecule has 0 unspecified atom stereocenters. The molecule has 1 heterocycles. The quantitative estimate of drug-likeness (QED) is 0.591. The average Bonchev–Trinajstić information content (AvgIpc) is 2.30. The van der Waals surface area contributed by atoms with Crippen LogP contribution >= 0.6 is 0 Å². The molecule has 0 saturated heterocycles. The number of nitrogens with one attached hydrogen (secondary N) is 2. The molecule has 0 amide bonds. The zero-order valence-electron chi connectivity index (χ0n) is 9.87. The molecule has 90 valence electrons. The normalized spacial score (nSPS) is 10.1. The Hall–Kier alpha value is -1.29. The van der Waals surface area contributed by atoms with E-state index < -0.39 is 0 Å². The summed E-state index contributed by atoms with van der Waals surface area (Å²) in [4.78, 5) is 4.41. The lowest BCUT2D eigenvalue weighted by Gasteiger charge is -2.07. The fourth-order valence-corrected chi connectivity index (χ4v) is 1.44. The average molecular weight is 223 g/mol. The number of anilines is 2. The van der Waals surface area contributed by atoms with E-state index in [-0.39, 0.29) is 6.61 Å². The Morgan fingerprint density at radius 1 is 1.12 bits per heavy atom. The van der Waals surface area contributed by atoms with Crippen molar-refractivity contribution >= 4 is 11.6 Å². The number of aromatic nitrogens is 1. The summed E-state index contributed by atoms with van der Waals surface area (Å²) in [6, 6.07) is 5.91. The van der Waals surface area contributed by atoms with Gasteiger partial charge in [0.05, 0.1) is 0 Å². The van der Waals surface area contributed by atoms with Gasteiger partial charge in [-0.1, -0.05) is 6.07 Å². The standard InChI is InChI=1S/C12H21N3O/c1-2-13-11-7-6-8-12(15-11)14-9-4-3-5-10-16/h6-8,16H,2-5,9-10H2,1H3,(H2,13,14,15). The zero-order chi connectivity index (χ0) is 11.6. The maximum Gasteiger partial charge on any atom is 0.128 e. The van der Waals surface area contributed by atoms with E-state index in [1.54, 1.807) is 0 Å². The molecule has 1 aromatic heterocycles. The Labute approximate surface area is 97.1 Å². The summed E-state index contributed by atoms with van der Waals surface area (Å²) < 4.78 is 0. The van der Waals surface area contributed by atoms with E-state index in [0.717, 1.165) is 44.0 Å². The highest BCUT2D eigenvalue weighted by Crippen LogP contribution is 2.09. The summed E-state index contributed by atoms with van der Waals surface area (Å²) in [5.41, 5.74) is 0. The monoisotopic (exact) mass is 223 g/mol. The molecule has 0 radical (unpaired) electrons. The van der Waals surface area contributed by atoms with Crippen molar-refractivity contribution < 1.29 is 5.11 Å². The molecule has 3 N–H and O–H groups in total. The topological polar surface area (TPSA) is 57.2 Å². The van der Waals surface area contributed by atoms with Crippen LogP contribution in [0.4, 0.5) is 11.6 Å². The van der Waals surface area contributed by atoms with Gasteiger partial charge in [-0.3, -0.25) is 0 Å². The number of rotatable bonds is 8. The van der Waals surface area contributed by atoms with Crippen molar-refractivity contribution in [2.24, 2.45) is 0 Å². The lowest BCUT2D eigenvalue weighted by Crippen LogP contribution is -2.05. The van der Waals surface area contributed by atoms with E-state index in [2.05, 4.69) is 22.5 Å². The van der Waals surface area contributed by atoms with E-state index in [1.165, 1.54) is 0 Å². The van der Waals surface area contributed by atoms with E-state index in [4.69, 9.17) is 5.11 Å². The van der Waals surface area contributed by atoms with Crippen LogP contribution in [0.3, 0.4) is 0 Å². The van der Waals surface area contributed by atoms with Gasteiger partial charge in [0.1, 0.15) is 11.6 Å². The maximum atomic E-state index is 8.64. The molecule has 0 aliphatic rings. The van der Waals surface area contributed by atoms with Gasteiger partial charge in [-0.25, -0.2) is 4.98 Å². The number of pyridine rings is 1. The summed E-state index contributed by atoms with van der Waals surface area (Å²) in [5, 5.41) is 15.1. The van der Waals surface area contributed by atoms with Crippen LogP contribution in [0.1, 0.15) is 26.2 Å². The predicted octanol–water partition coefficient (Wildman–Crippen LogP) is 2.09. The zero-order valence-corrected chi connectivity index (χ0v) is 9.87. The minimum absolute atomic E-state index is 0.286. The fourth-order valence-electron chi connectivity index (χ4n) is 1.44. The molecule has 0 spiro atoms. The highest BCUT2D eigenvalue weighted by molar-refractivity contribution is 5.44. The molecule has 4 nitrogen and oxygen atoms in total. The van der Waals surface area contributed by atoms with Crippen molar-refractivity contribution in [2.45, 2.75) is 26.2 Å². The smallest absolute Gasteiger partial charge is 0.128 e. The molecule has 4 heteroatoms. The van der Waals surface area contributed by atoms with Crippen molar-refractivity contribution in [2.75, 3.05) is 30.3 Å². The number of hydrogen-bond donors (Lipinski definition) is 3. The molecule has 1 rings (SSSR count). The Kier molecular flexibility index (Phi) is 6.33. The third-order valence-corrected chi connectivity index (χ3v) is 2.25. The summed E-state index contributed by atoms with van der Waals surface area (Å²) in [5.74, 6) is 1.81. The van der Waals surface area contributed by atoms with Crippen molar-refractivity contribution in [3.63, 3.8) is 0 Å². The second-order valence-electron chi connectivity index (χ2n) is 3.65. The van der Waals surface area contributed by atoms with Gasteiger partial charge in [-0.2, -0.15) is 0 Å². The first-order chi connectivity index (χ1) is 7.86. The number of hydrogen-bond acceptors (Lipinski definition) is 4. The Bertz CT molecular complexity index is 291. The van der Waals surface area contributed by atoms with Crippen LogP contribution in [-0.2, 0) is 0 Å². The predicted molar refractivity (Wildman–Crippen MR) is 67.8 cm³/mol. The van der Waals surface area contributed by atoms with Gasteiger partial charge in [-0.15, -0.1) is 0 Å². The van der Waals surface area contributed by atoms with E-state index >= 15 is 0 Å². The van der Waals surface area contributed by atoms with Crippen LogP contribution in [0.5, 0.6) is 0 Å². The molecule has 0 bridgehead atoms. The number of unbranched alkanes of at least 4 members (excludes halogenated alkanes) is 2. The van der Waals surface area contributed by atoms with Crippen LogP contribution in [0.2, 0.25) is 0 Å². The summed E-state index contributed by atoms with van der Waals surface area (Å²) in [7, 11) is 0. The minimum atomic E-state index is 0.286. The Morgan fingerprint density at radius 2 is 1.88 bits per heavy atom. The van der Waals surface area contributed by atoms with E-state index in [0.29, 0.717) is 0 Å². The second kappa shape index (κ2) is 7.93. The largest absolute Gasteiger partial charge is 0.396 e. The van der Waals surface area contributed by atoms with E-state index in [9.17, 15) is 0 Å². The number of nitrogens with zero attached hydrogens (tertiary/aromatic N) is 1. The lowest BCUT2D eigenvalue weighted by atomic mass is 10.2. The molecule has 1 aromatic rings. The van der Waals surface area contributed by atoms with Gasteiger partial charge in [0.15, 0.2) is 0 Å². The van der Waals surface area contributed by atoms with Crippen molar-refractivity contribution in [3.8, 4) is 0 Å². The first-order valence-corrected chi connectivity index (χ1v) is 5.92. The first kappa shape index (κ1) is 12.8. The van der Waals surface area contributed by atoms with Crippen LogP contribution in [0.15, 0.2) is 18.2 Å². The first-order valence-electron chi connectivity index (χ1n) is 5.92. The molecular weight excluding hydrogens is 202 g/mol. The third-order valence-electron chi connectivity index (χ3n) is 2.25. The van der Waals surface area contributed by atoms with Crippen LogP contribution < -0.4 is 10.6 Å². The van der Waals surface area contributed by atoms with Gasteiger partial charge < -0.3 is 15.7 Å². The number of aliphatic hydroxyl groups is 1. The molecule has 0 atom stereocenters. The van der Waals surface area contributed by atoms with Crippen molar-refractivity contribution in [3.05, 3.63) is 18.2 Å². The lowest BCUT2D eigenvalue weighted by molar-refractivity contribution is 0.283. The van der Waals surface area contributed by atoms with Gasteiger partial charge in [0, 0.05) is 19.7 Å². The van der Waals surface area contributed by atoms with Crippen LogP contribution in [0, 0.1) is 0 Å². The summed E-state index contributed by atoms with van der Waals surface area (Å²) in [6.07, 6.45) is 3.00. The maximum absolute atomic E-state index is 8.64.